The minimum atomic E-state index is -0.304. The van der Waals surface area contributed by atoms with Crippen LogP contribution in [0.3, 0.4) is 0 Å². The molecule has 2 aromatic carbocycles. The third kappa shape index (κ3) is 12.9. The highest BCUT2D eigenvalue weighted by molar-refractivity contribution is 5.90. The van der Waals surface area contributed by atoms with Gasteiger partial charge < -0.3 is 9.47 Å². The summed E-state index contributed by atoms with van der Waals surface area (Å²) in [6.07, 6.45) is 15.1. The van der Waals surface area contributed by atoms with Gasteiger partial charge in [-0.05, 0) is 73.9 Å². The zero-order valence-electron chi connectivity index (χ0n) is 25.0. The number of carbonyl (C=O) groups is 2. The standard InChI is InChI=1S/C35H52O4/c1-5-9-11-13-17-28-19-23-30(24-20-28)34(36)38-32(15-7-3)27-33(16-8-4)39-35(37)31-25-21-29(22-26-31)18-14-12-10-6-2/h19-26,32-33H,5-18,27H2,1-4H3. The number of ether oxygens (including phenoxy) is 2. The lowest BCUT2D eigenvalue weighted by molar-refractivity contribution is -0.00415. The number of rotatable bonds is 20. The molecule has 0 amide bonds. The van der Waals surface area contributed by atoms with Crippen molar-refractivity contribution < 1.29 is 19.1 Å². The molecule has 2 aromatic rings. The minimum Gasteiger partial charge on any atom is -0.459 e. The monoisotopic (exact) mass is 536 g/mol. The van der Waals surface area contributed by atoms with E-state index in [1.54, 1.807) is 0 Å². The number of unbranched alkanes of at least 4 members (excludes halogenated alkanes) is 6. The summed E-state index contributed by atoms with van der Waals surface area (Å²) in [6.45, 7) is 8.60. The van der Waals surface area contributed by atoms with Crippen molar-refractivity contribution in [2.45, 2.75) is 136 Å². The Morgan fingerprint density at radius 1 is 0.538 bits per heavy atom. The van der Waals surface area contributed by atoms with Crippen LogP contribution in [0.15, 0.2) is 48.5 Å². The Balaban J connectivity index is 1.93. The molecule has 0 radical (unpaired) electrons. The number of aryl methyl sites for hydroxylation is 2. The minimum absolute atomic E-state index is 0.286. The molecule has 0 heterocycles. The van der Waals surface area contributed by atoms with Gasteiger partial charge in [0, 0.05) is 6.42 Å². The molecule has 0 aliphatic carbocycles. The van der Waals surface area contributed by atoms with Crippen LogP contribution >= 0.6 is 0 Å². The molecule has 2 rings (SSSR count). The van der Waals surface area contributed by atoms with Crippen molar-refractivity contribution in [3.05, 3.63) is 70.8 Å². The zero-order chi connectivity index (χ0) is 28.3. The molecule has 4 heteroatoms. The molecule has 0 saturated heterocycles. The van der Waals surface area contributed by atoms with E-state index in [2.05, 4.69) is 27.7 Å². The number of hydrogen-bond acceptors (Lipinski definition) is 4. The van der Waals surface area contributed by atoms with E-state index in [1.807, 2.05) is 48.5 Å². The Morgan fingerprint density at radius 2 is 0.923 bits per heavy atom. The van der Waals surface area contributed by atoms with Gasteiger partial charge in [-0.3, -0.25) is 0 Å². The Morgan fingerprint density at radius 3 is 1.26 bits per heavy atom. The fourth-order valence-corrected chi connectivity index (χ4v) is 4.95. The van der Waals surface area contributed by atoms with E-state index in [1.165, 1.54) is 62.5 Å². The molecule has 2 atom stereocenters. The highest BCUT2D eigenvalue weighted by Crippen LogP contribution is 2.20. The summed E-state index contributed by atoms with van der Waals surface area (Å²) >= 11 is 0. The molecule has 2 unspecified atom stereocenters. The second-order valence-electron chi connectivity index (χ2n) is 10.9. The Bertz CT molecular complexity index is 855. The first-order valence-electron chi connectivity index (χ1n) is 15.6. The maximum absolute atomic E-state index is 12.9. The van der Waals surface area contributed by atoms with Crippen molar-refractivity contribution in [2.75, 3.05) is 0 Å². The molecule has 0 aliphatic rings. The third-order valence-corrected chi connectivity index (χ3v) is 7.31. The molecule has 0 aromatic heterocycles. The van der Waals surface area contributed by atoms with Crippen LogP contribution in [0.1, 0.15) is 143 Å². The third-order valence-electron chi connectivity index (χ3n) is 7.31. The fourth-order valence-electron chi connectivity index (χ4n) is 4.95. The predicted molar refractivity (Wildman–Crippen MR) is 161 cm³/mol. The average Bonchev–Trinajstić information content (AvgIpc) is 2.94. The largest absolute Gasteiger partial charge is 0.459 e. The van der Waals surface area contributed by atoms with Gasteiger partial charge in [0.2, 0.25) is 0 Å². The van der Waals surface area contributed by atoms with E-state index in [9.17, 15) is 9.59 Å². The average molecular weight is 537 g/mol. The summed E-state index contributed by atoms with van der Waals surface area (Å²) in [7, 11) is 0. The molecule has 0 saturated carbocycles. The van der Waals surface area contributed by atoms with Gasteiger partial charge >= 0.3 is 11.9 Å². The summed E-state index contributed by atoms with van der Waals surface area (Å²) in [5, 5.41) is 0. The van der Waals surface area contributed by atoms with Gasteiger partial charge in [0.1, 0.15) is 12.2 Å². The second-order valence-corrected chi connectivity index (χ2v) is 10.9. The molecule has 0 aliphatic heterocycles. The van der Waals surface area contributed by atoms with E-state index in [-0.39, 0.29) is 24.1 Å². The van der Waals surface area contributed by atoms with Crippen molar-refractivity contribution >= 4 is 11.9 Å². The smallest absolute Gasteiger partial charge is 0.338 e. The summed E-state index contributed by atoms with van der Waals surface area (Å²) in [5.41, 5.74) is 3.67. The van der Waals surface area contributed by atoms with Crippen LogP contribution in [-0.2, 0) is 22.3 Å². The van der Waals surface area contributed by atoms with Crippen molar-refractivity contribution in [3.8, 4) is 0 Å². The topological polar surface area (TPSA) is 52.6 Å². The van der Waals surface area contributed by atoms with Crippen molar-refractivity contribution in [1.29, 1.82) is 0 Å². The van der Waals surface area contributed by atoms with E-state index < -0.39 is 0 Å². The number of hydrogen-bond donors (Lipinski definition) is 0. The van der Waals surface area contributed by atoms with Crippen LogP contribution < -0.4 is 0 Å². The number of esters is 2. The molecule has 4 nitrogen and oxygen atoms in total. The van der Waals surface area contributed by atoms with Crippen LogP contribution in [0.2, 0.25) is 0 Å². The van der Waals surface area contributed by atoms with E-state index in [0.29, 0.717) is 17.5 Å². The molecule has 39 heavy (non-hydrogen) atoms. The molecule has 0 fully saturated rings. The molecule has 0 spiro atoms. The lowest BCUT2D eigenvalue weighted by Gasteiger charge is -2.24. The van der Waals surface area contributed by atoms with Crippen molar-refractivity contribution in [3.63, 3.8) is 0 Å². The Hall–Kier alpha value is -2.62. The lowest BCUT2D eigenvalue weighted by atomic mass is 10.0. The highest BCUT2D eigenvalue weighted by atomic mass is 16.6. The van der Waals surface area contributed by atoms with Crippen LogP contribution in [0.25, 0.3) is 0 Å². The zero-order valence-corrected chi connectivity index (χ0v) is 25.0. The van der Waals surface area contributed by atoms with Crippen LogP contribution in [0, 0.1) is 0 Å². The lowest BCUT2D eigenvalue weighted by Crippen LogP contribution is -2.27. The first kappa shape index (κ1) is 32.6. The molecule has 0 bridgehead atoms. The Labute approximate surface area is 237 Å². The maximum Gasteiger partial charge on any atom is 0.338 e. The van der Waals surface area contributed by atoms with Gasteiger partial charge in [0.25, 0.3) is 0 Å². The van der Waals surface area contributed by atoms with Crippen molar-refractivity contribution in [2.24, 2.45) is 0 Å². The summed E-state index contributed by atoms with van der Waals surface area (Å²) in [5.74, 6) is -0.607. The van der Waals surface area contributed by atoms with Gasteiger partial charge in [-0.2, -0.15) is 0 Å². The van der Waals surface area contributed by atoms with Gasteiger partial charge in [0.05, 0.1) is 11.1 Å². The van der Waals surface area contributed by atoms with E-state index >= 15 is 0 Å². The number of carbonyl (C=O) groups excluding carboxylic acids is 2. The van der Waals surface area contributed by atoms with Crippen LogP contribution in [-0.4, -0.2) is 24.1 Å². The normalized spacial score (nSPS) is 12.6. The van der Waals surface area contributed by atoms with Crippen LogP contribution in [0.5, 0.6) is 0 Å². The van der Waals surface area contributed by atoms with E-state index in [4.69, 9.17) is 9.47 Å². The van der Waals surface area contributed by atoms with Gasteiger partial charge in [0.15, 0.2) is 0 Å². The summed E-state index contributed by atoms with van der Waals surface area (Å²) in [6, 6.07) is 15.6. The number of benzene rings is 2. The summed E-state index contributed by atoms with van der Waals surface area (Å²) in [4.78, 5) is 25.9. The summed E-state index contributed by atoms with van der Waals surface area (Å²) < 4.78 is 11.9. The quantitative estimate of drug-likeness (QED) is 0.125. The van der Waals surface area contributed by atoms with Crippen molar-refractivity contribution in [1.82, 2.24) is 0 Å². The fraction of sp³-hybridized carbons (Fsp3) is 0.600. The maximum atomic E-state index is 12.9. The molecule has 216 valence electrons. The first-order valence-corrected chi connectivity index (χ1v) is 15.6. The Kier molecular flexibility index (Phi) is 16.2. The van der Waals surface area contributed by atoms with Crippen LogP contribution in [0.4, 0.5) is 0 Å². The SMILES string of the molecule is CCCCCCc1ccc(C(=O)OC(CCC)CC(CCC)OC(=O)c2ccc(CCCCCC)cc2)cc1. The molecular formula is C35H52O4. The van der Waals surface area contributed by atoms with E-state index in [0.717, 1.165) is 38.5 Å². The highest BCUT2D eigenvalue weighted by Gasteiger charge is 2.23. The predicted octanol–water partition coefficient (Wildman–Crippen LogP) is 9.67. The van der Waals surface area contributed by atoms with Gasteiger partial charge in [-0.15, -0.1) is 0 Å². The second kappa shape index (κ2) is 19.4. The molecular weight excluding hydrogens is 484 g/mol. The molecule has 0 N–H and O–H groups in total. The van der Waals surface area contributed by atoms with Gasteiger partial charge in [-0.25, -0.2) is 9.59 Å². The first-order chi connectivity index (χ1) is 19.0. The van der Waals surface area contributed by atoms with Gasteiger partial charge in [-0.1, -0.05) is 103 Å².